The average Bonchev–Trinajstić information content (AvgIpc) is 2.48. The minimum Gasteiger partial charge on any atom is -0.339 e. The van der Waals surface area contributed by atoms with E-state index in [4.69, 9.17) is 0 Å². The van der Waals surface area contributed by atoms with Crippen LogP contribution in [0.2, 0.25) is 0 Å². The standard InChI is InChI=1S/C16H32N4O/c1-14(2)20(12-15-4-6-17-7-5-15)13-16(21)19-10-8-18(3)9-11-19/h14-15,17H,4-13H2,1-3H3. The number of carbonyl (C=O) groups is 1. The second-order valence-electron chi connectivity index (χ2n) is 6.90. The summed E-state index contributed by atoms with van der Waals surface area (Å²) in [5.41, 5.74) is 0. The van der Waals surface area contributed by atoms with Gasteiger partial charge in [-0.15, -0.1) is 0 Å². The lowest BCUT2D eigenvalue weighted by atomic mass is 9.97. The van der Waals surface area contributed by atoms with Gasteiger partial charge in [-0.25, -0.2) is 0 Å². The molecular weight excluding hydrogens is 264 g/mol. The molecule has 0 aromatic heterocycles. The van der Waals surface area contributed by atoms with Crippen LogP contribution in [-0.4, -0.2) is 86.1 Å². The summed E-state index contributed by atoms with van der Waals surface area (Å²) in [6, 6.07) is 0.441. The zero-order chi connectivity index (χ0) is 15.2. The zero-order valence-electron chi connectivity index (χ0n) is 14.0. The van der Waals surface area contributed by atoms with Crippen molar-refractivity contribution in [3.8, 4) is 0 Å². The fourth-order valence-corrected chi connectivity index (χ4v) is 3.18. The summed E-state index contributed by atoms with van der Waals surface area (Å²) >= 11 is 0. The average molecular weight is 296 g/mol. The van der Waals surface area contributed by atoms with Crippen molar-refractivity contribution in [1.82, 2.24) is 20.0 Å². The highest BCUT2D eigenvalue weighted by molar-refractivity contribution is 5.78. The van der Waals surface area contributed by atoms with Crippen LogP contribution in [0.4, 0.5) is 0 Å². The monoisotopic (exact) mass is 296 g/mol. The summed E-state index contributed by atoms with van der Waals surface area (Å²) in [7, 11) is 2.12. The highest BCUT2D eigenvalue weighted by Gasteiger charge is 2.24. The van der Waals surface area contributed by atoms with E-state index in [2.05, 4.69) is 36.0 Å². The maximum Gasteiger partial charge on any atom is 0.236 e. The normalized spacial score (nSPS) is 22.2. The number of rotatable bonds is 5. The Balaban J connectivity index is 1.82. The van der Waals surface area contributed by atoms with Gasteiger partial charge in [-0.05, 0) is 52.7 Å². The third kappa shape index (κ3) is 5.24. The van der Waals surface area contributed by atoms with Gasteiger partial charge in [-0.3, -0.25) is 9.69 Å². The van der Waals surface area contributed by atoms with Crippen molar-refractivity contribution in [2.75, 3.05) is 59.4 Å². The highest BCUT2D eigenvalue weighted by atomic mass is 16.2. The van der Waals surface area contributed by atoms with E-state index in [1.54, 1.807) is 0 Å². The van der Waals surface area contributed by atoms with Crippen LogP contribution >= 0.6 is 0 Å². The maximum atomic E-state index is 12.5. The first kappa shape index (κ1) is 16.7. The minimum absolute atomic E-state index is 0.311. The quantitative estimate of drug-likeness (QED) is 0.800. The summed E-state index contributed by atoms with van der Waals surface area (Å²) in [6.07, 6.45) is 2.48. The number of nitrogens with one attached hydrogen (secondary N) is 1. The topological polar surface area (TPSA) is 38.8 Å². The molecule has 5 nitrogen and oxygen atoms in total. The molecule has 0 spiro atoms. The van der Waals surface area contributed by atoms with E-state index >= 15 is 0 Å². The van der Waals surface area contributed by atoms with Gasteiger partial charge in [-0.1, -0.05) is 0 Å². The summed E-state index contributed by atoms with van der Waals surface area (Å²) in [4.78, 5) is 19.2. The first-order chi connectivity index (χ1) is 10.1. The van der Waals surface area contributed by atoms with Gasteiger partial charge in [0.25, 0.3) is 0 Å². The van der Waals surface area contributed by atoms with Crippen molar-refractivity contribution in [2.45, 2.75) is 32.7 Å². The summed E-state index contributed by atoms with van der Waals surface area (Å²) in [6.45, 7) is 12.1. The molecule has 2 rings (SSSR count). The van der Waals surface area contributed by atoms with Crippen molar-refractivity contribution in [3.05, 3.63) is 0 Å². The molecule has 0 aromatic rings. The number of hydrogen-bond donors (Lipinski definition) is 1. The summed E-state index contributed by atoms with van der Waals surface area (Å²) < 4.78 is 0. The predicted octanol–water partition coefficient (Wildman–Crippen LogP) is 0.470. The van der Waals surface area contributed by atoms with Gasteiger partial charge in [0.15, 0.2) is 0 Å². The molecule has 0 aromatic carbocycles. The molecule has 5 heteroatoms. The first-order valence-electron chi connectivity index (χ1n) is 8.47. The Hall–Kier alpha value is -0.650. The molecule has 1 N–H and O–H groups in total. The van der Waals surface area contributed by atoms with Gasteiger partial charge in [0.1, 0.15) is 0 Å². The molecule has 0 unspecified atom stereocenters. The summed E-state index contributed by atoms with van der Waals surface area (Å²) in [5, 5.41) is 3.42. The third-order valence-electron chi connectivity index (χ3n) is 4.88. The van der Waals surface area contributed by atoms with Gasteiger partial charge < -0.3 is 15.1 Å². The zero-order valence-corrected chi connectivity index (χ0v) is 14.0. The molecular formula is C16H32N4O. The van der Waals surface area contributed by atoms with Crippen LogP contribution in [0, 0.1) is 5.92 Å². The Morgan fingerprint density at radius 3 is 2.38 bits per heavy atom. The molecule has 0 atom stereocenters. The van der Waals surface area contributed by atoms with Crippen LogP contribution in [0.1, 0.15) is 26.7 Å². The lowest BCUT2D eigenvalue weighted by molar-refractivity contribution is -0.134. The Morgan fingerprint density at radius 1 is 1.19 bits per heavy atom. The van der Waals surface area contributed by atoms with E-state index in [9.17, 15) is 4.79 Å². The van der Waals surface area contributed by atoms with Crippen molar-refractivity contribution in [3.63, 3.8) is 0 Å². The Labute approximate surface area is 129 Å². The number of piperidine rings is 1. The van der Waals surface area contributed by atoms with Crippen LogP contribution in [0.15, 0.2) is 0 Å². The minimum atomic E-state index is 0.311. The third-order valence-corrected chi connectivity index (χ3v) is 4.88. The fourth-order valence-electron chi connectivity index (χ4n) is 3.18. The van der Waals surface area contributed by atoms with Gasteiger partial charge in [-0.2, -0.15) is 0 Å². The Bertz CT molecular complexity index is 320. The lowest BCUT2D eigenvalue weighted by Gasteiger charge is -2.36. The van der Waals surface area contributed by atoms with Crippen molar-refractivity contribution in [2.24, 2.45) is 5.92 Å². The molecule has 2 saturated heterocycles. The second-order valence-corrected chi connectivity index (χ2v) is 6.90. The molecule has 0 aliphatic carbocycles. The number of carbonyl (C=O) groups excluding carboxylic acids is 1. The largest absolute Gasteiger partial charge is 0.339 e. The van der Waals surface area contributed by atoms with E-state index in [-0.39, 0.29) is 0 Å². The van der Waals surface area contributed by atoms with E-state index in [1.807, 2.05) is 4.90 Å². The Kier molecular flexibility index (Phi) is 6.45. The summed E-state index contributed by atoms with van der Waals surface area (Å²) in [5.74, 6) is 1.06. The van der Waals surface area contributed by atoms with Crippen LogP contribution in [-0.2, 0) is 4.79 Å². The number of likely N-dealkylation sites (N-methyl/N-ethyl adjacent to an activating group) is 1. The maximum absolute atomic E-state index is 12.5. The van der Waals surface area contributed by atoms with Gasteiger partial charge in [0.05, 0.1) is 6.54 Å². The number of amides is 1. The SMILES string of the molecule is CC(C)N(CC(=O)N1CCN(C)CC1)CC1CCNCC1. The molecule has 2 fully saturated rings. The molecule has 122 valence electrons. The molecule has 0 radical (unpaired) electrons. The van der Waals surface area contributed by atoms with E-state index in [1.165, 1.54) is 12.8 Å². The van der Waals surface area contributed by atoms with Crippen molar-refractivity contribution >= 4 is 5.91 Å². The van der Waals surface area contributed by atoms with Crippen molar-refractivity contribution in [1.29, 1.82) is 0 Å². The molecule has 21 heavy (non-hydrogen) atoms. The molecule has 2 aliphatic heterocycles. The van der Waals surface area contributed by atoms with Crippen LogP contribution in [0.5, 0.6) is 0 Å². The number of hydrogen-bond acceptors (Lipinski definition) is 4. The number of piperazine rings is 1. The molecule has 2 aliphatic rings. The van der Waals surface area contributed by atoms with Gasteiger partial charge in [0.2, 0.25) is 5.91 Å². The van der Waals surface area contributed by atoms with Crippen LogP contribution in [0.25, 0.3) is 0 Å². The van der Waals surface area contributed by atoms with E-state index in [0.29, 0.717) is 18.5 Å². The fraction of sp³-hybridized carbons (Fsp3) is 0.938. The Morgan fingerprint density at radius 2 is 1.81 bits per heavy atom. The smallest absolute Gasteiger partial charge is 0.236 e. The predicted molar refractivity (Wildman–Crippen MR) is 86.4 cm³/mol. The second kappa shape index (κ2) is 8.11. The molecule has 0 bridgehead atoms. The van der Waals surface area contributed by atoms with Crippen LogP contribution < -0.4 is 5.32 Å². The van der Waals surface area contributed by atoms with E-state index < -0.39 is 0 Å². The highest BCUT2D eigenvalue weighted by Crippen LogP contribution is 2.15. The molecule has 0 saturated carbocycles. The van der Waals surface area contributed by atoms with Gasteiger partial charge in [0, 0.05) is 38.8 Å². The van der Waals surface area contributed by atoms with Gasteiger partial charge >= 0.3 is 0 Å². The molecule has 2 heterocycles. The van der Waals surface area contributed by atoms with Crippen LogP contribution in [0.3, 0.4) is 0 Å². The van der Waals surface area contributed by atoms with Crippen molar-refractivity contribution < 1.29 is 4.79 Å². The first-order valence-corrected chi connectivity index (χ1v) is 8.47. The number of nitrogens with zero attached hydrogens (tertiary/aromatic N) is 3. The lowest BCUT2D eigenvalue weighted by Crippen LogP contribution is -2.51. The van der Waals surface area contributed by atoms with E-state index in [0.717, 1.165) is 51.7 Å². The molecule has 1 amide bonds.